The third kappa shape index (κ3) is 5.20. The molecule has 1 atom stereocenters. The molecule has 0 amide bonds. The van der Waals surface area contributed by atoms with Crippen LogP contribution in [0.2, 0.25) is 0 Å². The lowest BCUT2D eigenvalue weighted by Gasteiger charge is -2.23. The van der Waals surface area contributed by atoms with Crippen molar-refractivity contribution in [2.24, 2.45) is 5.73 Å². The Hall–Kier alpha value is -3.19. The smallest absolute Gasteiger partial charge is 0.335 e. The lowest BCUT2D eigenvalue weighted by Crippen LogP contribution is -2.20. The number of anilines is 1. The van der Waals surface area contributed by atoms with Crippen molar-refractivity contribution < 1.29 is 23.7 Å². The number of esters is 1. The first-order valence-corrected chi connectivity index (χ1v) is 9.20. The zero-order valence-electron chi connectivity index (χ0n) is 17.3. The van der Waals surface area contributed by atoms with Crippen LogP contribution in [0.1, 0.15) is 24.1 Å². The molecule has 7 nitrogen and oxygen atoms in total. The average Bonchev–Trinajstić information content (AvgIpc) is 2.76. The fourth-order valence-corrected chi connectivity index (χ4v) is 2.89. The molecule has 0 spiro atoms. The minimum atomic E-state index is -0.524. The van der Waals surface area contributed by atoms with E-state index >= 15 is 0 Å². The van der Waals surface area contributed by atoms with Crippen LogP contribution in [0.3, 0.4) is 0 Å². The summed E-state index contributed by atoms with van der Waals surface area (Å²) >= 11 is 0. The van der Waals surface area contributed by atoms with E-state index in [9.17, 15) is 4.79 Å². The van der Waals surface area contributed by atoms with Crippen LogP contribution in [0.5, 0.6) is 17.2 Å². The topological polar surface area (TPSA) is 92.0 Å². The summed E-state index contributed by atoms with van der Waals surface area (Å²) in [4.78, 5) is 12.4. The van der Waals surface area contributed by atoms with E-state index in [1.807, 2.05) is 24.3 Å². The Kier molecular flexibility index (Phi) is 7.91. The molecule has 1 unspecified atom stereocenters. The number of nitrogens with one attached hydrogen (secondary N) is 1. The molecule has 0 radical (unpaired) electrons. The van der Waals surface area contributed by atoms with Gasteiger partial charge >= 0.3 is 5.97 Å². The Balaban J connectivity index is 2.46. The van der Waals surface area contributed by atoms with Gasteiger partial charge in [0, 0.05) is 24.4 Å². The van der Waals surface area contributed by atoms with Crippen molar-refractivity contribution in [1.29, 1.82) is 0 Å². The van der Waals surface area contributed by atoms with Crippen LogP contribution in [0.15, 0.2) is 48.6 Å². The molecular weight excluding hydrogens is 372 g/mol. The van der Waals surface area contributed by atoms with E-state index in [2.05, 4.69) is 11.9 Å². The average molecular weight is 400 g/mol. The molecular formula is C22H28N2O5. The summed E-state index contributed by atoms with van der Waals surface area (Å²) in [5, 5.41) is 3.33. The van der Waals surface area contributed by atoms with Crippen LogP contribution in [0.4, 0.5) is 5.69 Å². The SMILES string of the molecule is C=C(C(=O)OCC)C(Nc1cc(OC)c(OC)c(OC)c1)c1ccc(CN)cc1. The van der Waals surface area contributed by atoms with Crippen molar-refractivity contribution in [2.75, 3.05) is 33.3 Å². The largest absolute Gasteiger partial charge is 0.493 e. The molecule has 0 saturated heterocycles. The second-order valence-electron chi connectivity index (χ2n) is 6.18. The summed E-state index contributed by atoms with van der Waals surface area (Å²) in [5.74, 6) is 0.996. The molecule has 2 aromatic rings. The Morgan fingerprint density at radius 3 is 2.10 bits per heavy atom. The van der Waals surface area contributed by atoms with Crippen LogP contribution >= 0.6 is 0 Å². The van der Waals surface area contributed by atoms with Crippen molar-refractivity contribution in [1.82, 2.24) is 0 Å². The van der Waals surface area contributed by atoms with Gasteiger partial charge in [0.1, 0.15) is 0 Å². The zero-order chi connectivity index (χ0) is 21.4. The highest BCUT2D eigenvalue weighted by molar-refractivity contribution is 5.90. The fourth-order valence-electron chi connectivity index (χ4n) is 2.89. The molecule has 0 aliphatic carbocycles. The molecule has 0 heterocycles. The van der Waals surface area contributed by atoms with Crippen molar-refractivity contribution in [2.45, 2.75) is 19.5 Å². The molecule has 0 fully saturated rings. The predicted octanol–water partition coefficient (Wildman–Crippen LogP) is 3.44. The minimum Gasteiger partial charge on any atom is -0.493 e. The normalized spacial score (nSPS) is 11.3. The van der Waals surface area contributed by atoms with Crippen molar-refractivity contribution in [3.63, 3.8) is 0 Å². The molecule has 0 bridgehead atoms. The number of nitrogens with two attached hydrogens (primary N) is 1. The van der Waals surface area contributed by atoms with Gasteiger partial charge in [-0.05, 0) is 18.1 Å². The van der Waals surface area contributed by atoms with Gasteiger partial charge in [-0.1, -0.05) is 30.8 Å². The quantitative estimate of drug-likeness (QED) is 0.466. The lowest BCUT2D eigenvalue weighted by molar-refractivity contribution is -0.138. The van der Waals surface area contributed by atoms with Gasteiger partial charge in [0.2, 0.25) is 5.75 Å². The molecule has 2 rings (SSSR count). The summed E-state index contributed by atoms with van der Waals surface area (Å²) in [5.41, 5.74) is 8.46. The first kappa shape index (κ1) is 22.1. The number of carbonyl (C=O) groups excluding carboxylic acids is 1. The summed E-state index contributed by atoms with van der Waals surface area (Å²) < 4.78 is 21.3. The van der Waals surface area contributed by atoms with E-state index in [0.717, 1.165) is 11.1 Å². The number of benzene rings is 2. The molecule has 156 valence electrons. The van der Waals surface area contributed by atoms with Gasteiger partial charge in [-0.3, -0.25) is 0 Å². The van der Waals surface area contributed by atoms with Gasteiger partial charge in [-0.25, -0.2) is 4.79 Å². The van der Waals surface area contributed by atoms with Crippen LogP contribution in [0.25, 0.3) is 0 Å². The fraction of sp³-hybridized carbons (Fsp3) is 0.318. The molecule has 0 aliphatic rings. The van der Waals surface area contributed by atoms with Crippen molar-refractivity contribution >= 4 is 11.7 Å². The van der Waals surface area contributed by atoms with Crippen LogP contribution in [-0.4, -0.2) is 33.9 Å². The van der Waals surface area contributed by atoms with Crippen LogP contribution in [-0.2, 0) is 16.1 Å². The van der Waals surface area contributed by atoms with Gasteiger partial charge < -0.3 is 30.0 Å². The second-order valence-corrected chi connectivity index (χ2v) is 6.18. The molecule has 3 N–H and O–H groups in total. The highest BCUT2D eigenvalue weighted by Crippen LogP contribution is 2.41. The van der Waals surface area contributed by atoms with Gasteiger partial charge in [-0.15, -0.1) is 0 Å². The number of carbonyl (C=O) groups is 1. The highest BCUT2D eigenvalue weighted by Gasteiger charge is 2.23. The first-order valence-electron chi connectivity index (χ1n) is 9.20. The Morgan fingerprint density at radius 1 is 1.07 bits per heavy atom. The summed E-state index contributed by atoms with van der Waals surface area (Å²) in [6.45, 7) is 6.41. The molecule has 0 aliphatic heterocycles. The van der Waals surface area contributed by atoms with E-state index in [0.29, 0.717) is 29.5 Å². The monoisotopic (exact) mass is 400 g/mol. The van der Waals surface area contributed by atoms with E-state index in [1.165, 1.54) is 7.11 Å². The third-order valence-electron chi connectivity index (χ3n) is 4.41. The van der Waals surface area contributed by atoms with Crippen molar-refractivity contribution in [3.05, 3.63) is 59.7 Å². The number of hydrogen-bond acceptors (Lipinski definition) is 7. The van der Waals surface area contributed by atoms with Crippen LogP contribution < -0.4 is 25.3 Å². The maximum Gasteiger partial charge on any atom is 0.335 e. The molecule has 0 saturated carbocycles. The summed E-state index contributed by atoms with van der Waals surface area (Å²) in [6.07, 6.45) is 0. The number of rotatable bonds is 10. The number of ether oxygens (including phenoxy) is 4. The van der Waals surface area contributed by atoms with Crippen LogP contribution in [0, 0.1) is 0 Å². The molecule has 7 heteroatoms. The van der Waals surface area contributed by atoms with Gasteiger partial charge in [0.05, 0.1) is 39.6 Å². The maximum absolute atomic E-state index is 12.4. The second kappa shape index (κ2) is 10.4. The summed E-state index contributed by atoms with van der Waals surface area (Å²) in [6, 6.07) is 10.6. The zero-order valence-corrected chi connectivity index (χ0v) is 17.3. The van der Waals surface area contributed by atoms with Gasteiger partial charge in [0.25, 0.3) is 0 Å². The standard InChI is InChI=1S/C22H28N2O5/c1-6-29-22(25)14(2)20(16-9-7-15(13-23)8-10-16)24-17-11-18(26-3)21(28-5)19(12-17)27-4/h7-12,20,24H,2,6,13,23H2,1,3-5H3. The van der Waals surface area contributed by atoms with E-state index < -0.39 is 12.0 Å². The Labute approximate surface area is 171 Å². The molecule has 29 heavy (non-hydrogen) atoms. The van der Waals surface area contributed by atoms with E-state index in [1.54, 1.807) is 33.3 Å². The third-order valence-corrected chi connectivity index (χ3v) is 4.41. The minimum absolute atomic E-state index is 0.265. The Morgan fingerprint density at radius 2 is 1.66 bits per heavy atom. The van der Waals surface area contributed by atoms with Gasteiger partial charge in [0.15, 0.2) is 11.5 Å². The maximum atomic E-state index is 12.4. The predicted molar refractivity (Wildman–Crippen MR) is 113 cm³/mol. The number of methoxy groups -OCH3 is 3. The van der Waals surface area contributed by atoms with E-state index in [4.69, 9.17) is 24.7 Å². The first-order chi connectivity index (χ1) is 14.0. The highest BCUT2D eigenvalue weighted by atomic mass is 16.5. The Bertz CT molecular complexity index is 824. The van der Waals surface area contributed by atoms with Crippen molar-refractivity contribution in [3.8, 4) is 17.2 Å². The van der Waals surface area contributed by atoms with E-state index in [-0.39, 0.29) is 12.2 Å². The van der Waals surface area contributed by atoms with Gasteiger partial charge in [-0.2, -0.15) is 0 Å². The summed E-state index contributed by atoms with van der Waals surface area (Å²) in [7, 11) is 4.63. The lowest BCUT2D eigenvalue weighted by atomic mass is 9.98. The molecule has 2 aromatic carbocycles. The molecule has 0 aromatic heterocycles. The number of hydrogen-bond donors (Lipinski definition) is 2.